The molecular formula is C14H25NO2. The second kappa shape index (κ2) is 6.77. The van der Waals surface area contributed by atoms with Crippen LogP contribution < -0.4 is 0 Å². The first-order valence-corrected chi connectivity index (χ1v) is 6.79. The molecule has 0 heterocycles. The van der Waals surface area contributed by atoms with Crippen LogP contribution in [-0.4, -0.2) is 29.2 Å². The summed E-state index contributed by atoms with van der Waals surface area (Å²) in [6.45, 7) is 6.65. The molecule has 0 aromatic rings. The first-order chi connectivity index (χ1) is 8.00. The average molecular weight is 239 g/mol. The molecule has 0 aromatic heterocycles. The lowest BCUT2D eigenvalue weighted by atomic mass is 10.1. The molecule has 3 heteroatoms. The van der Waals surface area contributed by atoms with Gasteiger partial charge in [-0.2, -0.15) is 0 Å². The summed E-state index contributed by atoms with van der Waals surface area (Å²) in [6, 6.07) is 0.389. The Kier molecular flexibility index (Phi) is 5.66. The fourth-order valence-electron chi connectivity index (χ4n) is 2.44. The van der Waals surface area contributed by atoms with Gasteiger partial charge in [0.25, 0.3) is 0 Å². The molecule has 1 aliphatic carbocycles. The normalized spacial score (nSPS) is 16.5. The van der Waals surface area contributed by atoms with Crippen molar-refractivity contribution in [3.05, 3.63) is 0 Å². The lowest BCUT2D eigenvalue weighted by Crippen LogP contribution is -2.40. The molecular weight excluding hydrogens is 214 g/mol. The van der Waals surface area contributed by atoms with Gasteiger partial charge in [-0.15, -0.1) is 0 Å². The Morgan fingerprint density at radius 3 is 2.29 bits per heavy atom. The molecule has 0 radical (unpaired) electrons. The van der Waals surface area contributed by atoms with E-state index in [0.29, 0.717) is 12.0 Å². The lowest BCUT2D eigenvalue weighted by molar-refractivity contribution is -0.136. The van der Waals surface area contributed by atoms with Crippen LogP contribution in [0.1, 0.15) is 59.3 Å². The van der Waals surface area contributed by atoms with Crippen molar-refractivity contribution in [2.45, 2.75) is 65.3 Å². The number of hydrogen-bond donors (Lipinski definition) is 0. The van der Waals surface area contributed by atoms with E-state index in [1.807, 2.05) is 4.90 Å². The van der Waals surface area contributed by atoms with E-state index in [4.69, 9.17) is 0 Å². The maximum Gasteiger partial charge on any atom is 0.230 e. The minimum atomic E-state index is -0.0254. The van der Waals surface area contributed by atoms with Gasteiger partial charge in [-0.25, -0.2) is 0 Å². The predicted octanol–water partition coefficient (Wildman–Crippen LogP) is 2.78. The Hall–Kier alpha value is -0.860. The molecule has 1 saturated carbocycles. The number of amides is 1. The Morgan fingerprint density at radius 2 is 1.82 bits per heavy atom. The van der Waals surface area contributed by atoms with E-state index < -0.39 is 0 Å². The van der Waals surface area contributed by atoms with Crippen LogP contribution in [0.2, 0.25) is 0 Å². The van der Waals surface area contributed by atoms with E-state index in [0.717, 1.165) is 25.8 Å². The molecule has 1 amide bonds. The topological polar surface area (TPSA) is 37.4 Å². The molecule has 0 aromatic carbocycles. The maximum atomic E-state index is 12.1. The molecule has 0 aliphatic heterocycles. The fourth-order valence-corrected chi connectivity index (χ4v) is 2.44. The van der Waals surface area contributed by atoms with Crippen LogP contribution in [0.5, 0.6) is 0 Å². The Labute approximate surface area is 105 Å². The standard InChI is InChI=1S/C14H25NO2/c1-11(2)8-9-15(13-6-4-5-7-13)14(17)10-12(3)16/h11,13H,4-10H2,1-3H3. The van der Waals surface area contributed by atoms with E-state index in [1.165, 1.54) is 19.8 Å². The number of carbonyl (C=O) groups excluding carboxylic acids is 2. The van der Waals surface area contributed by atoms with Gasteiger partial charge in [0, 0.05) is 12.6 Å². The van der Waals surface area contributed by atoms with Crippen LogP contribution in [0, 0.1) is 5.92 Å². The molecule has 1 fully saturated rings. The van der Waals surface area contributed by atoms with Gasteiger partial charge in [0.1, 0.15) is 5.78 Å². The number of nitrogens with zero attached hydrogens (tertiary/aromatic N) is 1. The predicted molar refractivity (Wildman–Crippen MR) is 68.7 cm³/mol. The molecule has 0 spiro atoms. The number of carbonyl (C=O) groups is 2. The van der Waals surface area contributed by atoms with Gasteiger partial charge in [0.05, 0.1) is 6.42 Å². The van der Waals surface area contributed by atoms with E-state index in [-0.39, 0.29) is 18.1 Å². The Bertz CT molecular complexity index is 267. The first kappa shape index (κ1) is 14.2. The monoisotopic (exact) mass is 239 g/mol. The van der Waals surface area contributed by atoms with Crippen molar-refractivity contribution >= 4 is 11.7 Å². The van der Waals surface area contributed by atoms with Crippen LogP contribution in [0.3, 0.4) is 0 Å². The third kappa shape index (κ3) is 4.88. The van der Waals surface area contributed by atoms with Crippen molar-refractivity contribution in [2.75, 3.05) is 6.54 Å². The van der Waals surface area contributed by atoms with Crippen molar-refractivity contribution in [3.8, 4) is 0 Å². The molecule has 0 atom stereocenters. The van der Waals surface area contributed by atoms with E-state index >= 15 is 0 Å². The molecule has 0 bridgehead atoms. The van der Waals surface area contributed by atoms with Gasteiger partial charge < -0.3 is 4.90 Å². The minimum Gasteiger partial charge on any atom is -0.339 e. The highest BCUT2D eigenvalue weighted by atomic mass is 16.2. The van der Waals surface area contributed by atoms with Gasteiger partial charge in [-0.3, -0.25) is 9.59 Å². The van der Waals surface area contributed by atoms with Crippen LogP contribution in [-0.2, 0) is 9.59 Å². The molecule has 0 saturated heterocycles. The molecule has 0 unspecified atom stereocenters. The Morgan fingerprint density at radius 1 is 1.24 bits per heavy atom. The first-order valence-electron chi connectivity index (χ1n) is 6.79. The number of hydrogen-bond acceptors (Lipinski definition) is 2. The van der Waals surface area contributed by atoms with Crippen LogP contribution in [0.4, 0.5) is 0 Å². The average Bonchev–Trinajstić information content (AvgIpc) is 2.69. The zero-order valence-electron chi connectivity index (χ0n) is 11.4. The van der Waals surface area contributed by atoms with E-state index in [2.05, 4.69) is 13.8 Å². The van der Waals surface area contributed by atoms with Crippen molar-refractivity contribution < 1.29 is 9.59 Å². The van der Waals surface area contributed by atoms with Crippen LogP contribution >= 0.6 is 0 Å². The second-order valence-corrected chi connectivity index (χ2v) is 5.59. The van der Waals surface area contributed by atoms with Crippen molar-refractivity contribution in [2.24, 2.45) is 5.92 Å². The summed E-state index contributed by atoms with van der Waals surface area (Å²) in [7, 11) is 0. The highest BCUT2D eigenvalue weighted by Gasteiger charge is 2.26. The smallest absolute Gasteiger partial charge is 0.230 e. The van der Waals surface area contributed by atoms with E-state index in [1.54, 1.807) is 0 Å². The fraction of sp³-hybridized carbons (Fsp3) is 0.857. The quantitative estimate of drug-likeness (QED) is 0.668. The third-order valence-corrected chi connectivity index (χ3v) is 3.43. The van der Waals surface area contributed by atoms with Crippen LogP contribution in [0.25, 0.3) is 0 Å². The third-order valence-electron chi connectivity index (χ3n) is 3.43. The second-order valence-electron chi connectivity index (χ2n) is 5.59. The molecule has 17 heavy (non-hydrogen) atoms. The highest BCUT2D eigenvalue weighted by Crippen LogP contribution is 2.24. The van der Waals surface area contributed by atoms with Crippen molar-refractivity contribution in [1.29, 1.82) is 0 Å². The van der Waals surface area contributed by atoms with Gasteiger partial charge >= 0.3 is 0 Å². The van der Waals surface area contributed by atoms with Crippen molar-refractivity contribution in [3.63, 3.8) is 0 Å². The molecule has 1 aliphatic rings. The van der Waals surface area contributed by atoms with Gasteiger partial charge in [0.15, 0.2) is 0 Å². The minimum absolute atomic E-state index is 0.0254. The van der Waals surface area contributed by atoms with Crippen LogP contribution in [0.15, 0.2) is 0 Å². The molecule has 98 valence electrons. The zero-order chi connectivity index (χ0) is 12.8. The lowest BCUT2D eigenvalue weighted by Gasteiger charge is -2.29. The van der Waals surface area contributed by atoms with Gasteiger partial charge in [0.2, 0.25) is 5.91 Å². The molecule has 1 rings (SSSR count). The van der Waals surface area contributed by atoms with Gasteiger partial charge in [-0.1, -0.05) is 26.7 Å². The summed E-state index contributed by atoms with van der Waals surface area (Å²) in [5.74, 6) is 0.608. The number of rotatable bonds is 6. The van der Waals surface area contributed by atoms with Gasteiger partial charge in [-0.05, 0) is 32.1 Å². The molecule has 3 nitrogen and oxygen atoms in total. The summed E-state index contributed by atoms with van der Waals surface area (Å²) in [5, 5.41) is 0. The maximum absolute atomic E-state index is 12.1. The SMILES string of the molecule is CC(=O)CC(=O)N(CCC(C)C)C1CCCC1. The summed E-state index contributed by atoms with van der Waals surface area (Å²) >= 11 is 0. The van der Waals surface area contributed by atoms with E-state index in [9.17, 15) is 9.59 Å². The number of ketones is 1. The Balaban J connectivity index is 2.56. The summed E-state index contributed by atoms with van der Waals surface area (Å²) in [5.41, 5.74) is 0. The number of Topliss-reactive ketones (excluding diaryl/α,β-unsaturated/α-hetero) is 1. The molecule has 0 N–H and O–H groups in total. The largest absolute Gasteiger partial charge is 0.339 e. The summed E-state index contributed by atoms with van der Waals surface area (Å²) in [4.78, 5) is 25.1. The summed E-state index contributed by atoms with van der Waals surface area (Å²) < 4.78 is 0. The van der Waals surface area contributed by atoms with Crippen molar-refractivity contribution in [1.82, 2.24) is 4.90 Å². The highest BCUT2D eigenvalue weighted by molar-refractivity contribution is 5.96. The summed E-state index contributed by atoms with van der Waals surface area (Å²) in [6.07, 6.45) is 5.77. The zero-order valence-corrected chi connectivity index (χ0v) is 11.4.